The van der Waals surface area contributed by atoms with Gasteiger partial charge in [-0.1, -0.05) is 0 Å². The van der Waals surface area contributed by atoms with Crippen LogP contribution in [0.5, 0.6) is 5.75 Å². The summed E-state index contributed by atoms with van der Waals surface area (Å²) in [6.07, 6.45) is 0. The molecule has 0 aliphatic carbocycles. The van der Waals surface area contributed by atoms with Crippen LogP contribution in [0.25, 0.3) is 10.1 Å². The lowest BCUT2D eigenvalue weighted by Crippen LogP contribution is -1.71. The summed E-state index contributed by atoms with van der Waals surface area (Å²) >= 11 is 1.22. The van der Waals surface area contributed by atoms with E-state index in [2.05, 4.69) is 0 Å². The lowest BCUT2D eigenvalue weighted by molar-refractivity contribution is 0.482. The summed E-state index contributed by atoms with van der Waals surface area (Å²) in [5.74, 6) is -0.0235. The zero-order chi connectivity index (χ0) is 10.1. The van der Waals surface area contributed by atoms with E-state index in [0.717, 1.165) is 4.70 Å². The highest BCUT2D eigenvalue weighted by Crippen LogP contribution is 2.36. The molecule has 0 radical (unpaired) electrons. The molecule has 0 saturated heterocycles. The monoisotopic (exact) mass is 200 g/mol. The van der Waals surface area contributed by atoms with E-state index in [0.29, 0.717) is 10.9 Å². The maximum atomic E-state index is 9.59. The average Bonchev–Trinajstić information content (AvgIpc) is 2.55. The van der Waals surface area contributed by atoms with Crippen molar-refractivity contribution < 1.29 is 5.11 Å². The van der Waals surface area contributed by atoms with Gasteiger partial charge in [-0.25, -0.2) is 0 Å². The van der Waals surface area contributed by atoms with Crippen molar-refractivity contribution in [3.8, 4) is 17.9 Å². The lowest BCUT2D eigenvalue weighted by atomic mass is 10.1. The first-order valence-corrected chi connectivity index (χ1v) is 4.63. The molecule has 0 bridgehead atoms. The second-order valence-corrected chi connectivity index (χ2v) is 3.77. The molecule has 1 heterocycles. The molecule has 0 spiro atoms. The SMILES string of the molecule is N#Cc1ccc2sc(C#N)c(O)c2c1. The number of nitrogens with zero attached hydrogens (tertiary/aromatic N) is 2. The Balaban J connectivity index is 2.84. The third kappa shape index (κ3) is 1.10. The number of aromatic hydroxyl groups is 1. The highest BCUT2D eigenvalue weighted by Gasteiger charge is 2.10. The molecule has 0 saturated carbocycles. The summed E-state index contributed by atoms with van der Waals surface area (Å²) in [5, 5.41) is 27.5. The standard InChI is InChI=1S/C10H4N2OS/c11-4-6-1-2-8-7(3-6)10(13)9(5-12)14-8/h1-3,13H. The van der Waals surface area contributed by atoms with Crippen molar-refractivity contribution >= 4 is 21.4 Å². The molecule has 0 aliphatic rings. The van der Waals surface area contributed by atoms with Crippen LogP contribution >= 0.6 is 11.3 Å². The van der Waals surface area contributed by atoms with Crippen LogP contribution in [-0.2, 0) is 0 Å². The van der Waals surface area contributed by atoms with Gasteiger partial charge in [-0.2, -0.15) is 10.5 Å². The molecule has 0 fully saturated rings. The predicted molar refractivity (Wildman–Crippen MR) is 52.9 cm³/mol. The minimum Gasteiger partial charge on any atom is -0.505 e. The fourth-order valence-corrected chi connectivity index (χ4v) is 2.10. The number of fused-ring (bicyclic) bond motifs is 1. The molecule has 2 rings (SSSR count). The largest absolute Gasteiger partial charge is 0.505 e. The highest BCUT2D eigenvalue weighted by atomic mass is 32.1. The maximum Gasteiger partial charge on any atom is 0.152 e. The first kappa shape index (κ1) is 8.55. The number of hydrogen-bond acceptors (Lipinski definition) is 4. The minimum atomic E-state index is -0.0235. The number of nitriles is 2. The first-order valence-electron chi connectivity index (χ1n) is 3.82. The molecule has 2 aromatic rings. The Morgan fingerprint density at radius 1 is 1.21 bits per heavy atom. The molecular formula is C10H4N2OS. The second kappa shape index (κ2) is 3.02. The molecule has 66 valence electrons. The van der Waals surface area contributed by atoms with E-state index < -0.39 is 0 Å². The topological polar surface area (TPSA) is 67.8 Å². The van der Waals surface area contributed by atoms with Gasteiger partial charge in [-0.3, -0.25) is 0 Å². The third-order valence-electron chi connectivity index (χ3n) is 1.89. The van der Waals surface area contributed by atoms with Gasteiger partial charge in [0.05, 0.1) is 11.6 Å². The number of thiophene rings is 1. The molecule has 0 aliphatic heterocycles. The van der Waals surface area contributed by atoms with Crippen LogP contribution in [0.15, 0.2) is 18.2 Å². The smallest absolute Gasteiger partial charge is 0.152 e. The number of hydrogen-bond donors (Lipinski definition) is 1. The Kier molecular flexibility index (Phi) is 1.85. The van der Waals surface area contributed by atoms with Gasteiger partial charge < -0.3 is 5.11 Å². The van der Waals surface area contributed by atoms with Crippen LogP contribution in [0, 0.1) is 22.7 Å². The summed E-state index contributed by atoms with van der Waals surface area (Å²) in [4.78, 5) is 0.287. The van der Waals surface area contributed by atoms with Crippen LogP contribution < -0.4 is 0 Å². The summed E-state index contributed by atoms with van der Waals surface area (Å²) in [6, 6.07) is 8.88. The Morgan fingerprint density at radius 2 is 2.00 bits per heavy atom. The van der Waals surface area contributed by atoms with Crippen molar-refractivity contribution in [1.82, 2.24) is 0 Å². The van der Waals surface area contributed by atoms with Crippen LogP contribution in [0.1, 0.15) is 10.4 Å². The molecule has 14 heavy (non-hydrogen) atoms. The molecule has 0 unspecified atom stereocenters. The van der Waals surface area contributed by atoms with Crippen LogP contribution in [0.4, 0.5) is 0 Å². The molecule has 1 aromatic heterocycles. The molecule has 1 N–H and O–H groups in total. The minimum absolute atomic E-state index is 0.0235. The van der Waals surface area contributed by atoms with Crippen molar-refractivity contribution in [2.75, 3.05) is 0 Å². The number of benzene rings is 1. The maximum absolute atomic E-state index is 9.59. The molecule has 1 aromatic carbocycles. The summed E-state index contributed by atoms with van der Waals surface area (Å²) in [6.45, 7) is 0. The van der Waals surface area contributed by atoms with E-state index in [1.807, 2.05) is 12.1 Å². The zero-order valence-corrected chi connectivity index (χ0v) is 7.80. The third-order valence-corrected chi connectivity index (χ3v) is 2.96. The summed E-state index contributed by atoms with van der Waals surface area (Å²) in [7, 11) is 0. The molecule has 3 nitrogen and oxygen atoms in total. The summed E-state index contributed by atoms with van der Waals surface area (Å²) in [5.41, 5.74) is 0.482. The van der Waals surface area contributed by atoms with E-state index in [9.17, 15) is 5.11 Å². The van der Waals surface area contributed by atoms with Crippen molar-refractivity contribution in [1.29, 1.82) is 10.5 Å². The van der Waals surface area contributed by atoms with Gasteiger partial charge >= 0.3 is 0 Å². The van der Waals surface area contributed by atoms with E-state index >= 15 is 0 Å². The zero-order valence-electron chi connectivity index (χ0n) is 6.98. The van der Waals surface area contributed by atoms with Crippen LogP contribution in [-0.4, -0.2) is 5.11 Å². The molecule has 0 atom stereocenters. The van der Waals surface area contributed by atoms with Crippen LogP contribution in [0.2, 0.25) is 0 Å². The Morgan fingerprint density at radius 3 is 2.64 bits per heavy atom. The highest BCUT2D eigenvalue weighted by molar-refractivity contribution is 7.20. The molecule has 4 heteroatoms. The van der Waals surface area contributed by atoms with Crippen molar-refractivity contribution in [2.45, 2.75) is 0 Å². The average molecular weight is 200 g/mol. The lowest BCUT2D eigenvalue weighted by Gasteiger charge is -1.90. The Hall–Kier alpha value is -2.04. The van der Waals surface area contributed by atoms with E-state index in [1.165, 1.54) is 11.3 Å². The Bertz CT molecular complexity index is 586. The quantitative estimate of drug-likeness (QED) is 0.709. The summed E-state index contributed by atoms with van der Waals surface area (Å²) < 4.78 is 0.818. The van der Waals surface area contributed by atoms with Gasteiger partial charge in [-0.15, -0.1) is 11.3 Å². The van der Waals surface area contributed by atoms with E-state index in [-0.39, 0.29) is 10.6 Å². The molecular weight excluding hydrogens is 196 g/mol. The normalized spacial score (nSPS) is 9.57. The molecule has 0 amide bonds. The second-order valence-electron chi connectivity index (χ2n) is 2.71. The van der Waals surface area contributed by atoms with Crippen LogP contribution in [0.3, 0.4) is 0 Å². The van der Waals surface area contributed by atoms with Crippen molar-refractivity contribution in [3.05, 3.63) is 28.6 Å². The van der Waals surface area contributed by atoms with E-state index in [1.54, 1.807) is 18.2 Å². The van der Waals surface area contributed by atoms with Gasteiger partial charge in [0.1, 0.15) is 10.9 Å². The van der Waals surface area contributed by atoms with E-state index in [4.69, 9.17) is 10.5 Å². The Labute approximate surface area is 84.1 Å². The van der Waals surface area contributed by atoms with Gasteiger partial charge in [0.25, 0.3) is 0 Å². The van der Waals surface area contributed by atoms with Gasteiger partial charge in [0.2, 0.25) is 0 Å². The van der Waals surface area contributed by atoms with Gasteiger partial charge in [0, 0.05) is 10.1 Å². The van der Waals surface area contributed by atoms with Crippen molar-refractivity contribution in [3.63, 3.8) is 0 Å². The number of rotatable bonds is 0. The van der Waals surface area contributed by atoms with Crippen molar-refractivity contribution in [2.24, 2.45) is 0 Å². The first-order chi connectivity index (χ1) is 6.76. The fraction of sp³-hybridized carbons (Fsp3) is 0. The van der Waals surface area contributed by atoms with Gasteiger partial charge in [0.15, 0.2) is 5.75 Å². The van der Waals surface area contributed by atoms with Gasteiger partial charge in [-0.05, 0) is 18.2 Å². The predicted octanol–water partition coefficient (Wildman–Crippen LogP) is 2.35. The fourth-order valence-electron chi connectivity index (χ4n) is 1.23.